The molecule has 0 aliphatic carbocycles. The third kappa shape index (κ3) is 4.95. The predicted molar refractivity (Wildman–Crippen MR) is 91.6 cm³/mol. The van der Waals surface area contributed by atoms with E-state index in [2.05, 4.69) is 16.4 Å². The standard InChI is InChI=1S/C18H22N4O3/c1-14-3-2-4-15(11-14)24-13-17-21-16(12-19)18(25-17)20-5-6-22-7-9-23-10-8-22/h2-4,11,20H,5-10,13H2,1H3/p+1. The highest BCUT2D eigenvalue weighted by Crippen LogP contribution is 2.19. The van der Waals surface area contributed by atoms with E-state index in [0.717, 1.165) is 50.7 Å². The van der Waals surface area contributed by atoms with Gasteiger partial charge in [-0.2, -0.15) is 10.2 Å². The molecule has 3 rings (SSSR count). The molecule has 1 aliphatic rings. The molecule has 132 valence electrons. The fourth-order valence-corrected chi connectivity index (χ4v) is 2.73. The van der Waals surface area contributed by atoms with Crippen molar-refractivity contribution in [2.75, 3.05) is 44.7 Å². The molecule has 2 N–H and O–H groups in total. The number of oxazole rings is 1. The van der Waals surface area contributed by atoms with Gasteiger partial charge < -0.3 is 24.1 Å². The molecule has 1 saturated heterocycles. The molecule has 1 fully saturated rings. The van der Waals surface area contributed by atoms with Crippen molar-refractivity contribution in [1.29, 1.82) is 5.26 Å². The fourth-order valence-electron chi connectivity index (χ4n) is 2.73. The molecular formula is C18H23N4O3+. The largest absolute Gasteiger partial charge is 0.484 e. The van der Waals surface area contributed by atoms with Crippen LogP contribution >= 0.6 is 0 Å². The quantitative estimate of drug-likeness (QED) is 0.772. The van der Waals surface area contributed by atoms with Crippen molar-refractivity contribution in [2.24, 2.45) is 0 Å². The summed E-state index contributed by atoms with van der Waals surface area (Å²) in [7, 11) is 0. The first-order valence-electron chi connectivity index (χ1n) is 8.49. The molecule has 0 unspecified atom stereocenters. The Kier molecular flexibility index (Phi) is 5.88. The van der Waals surface area contributed by atoms with Crippen LogP contribution in [0.2, 0.25) is 0 Å². The first-order valence-corrected chi connectivity index (χ1v) is 8.49. The topological polar surface area (TPSA) is 84.8 Å². The van der Waals surface area contributed by atoms with Crippen LogP contribution in [0.15, 0.2) is 28.7 Å². The van der Waals surface area contributed by atoms with Crippen molar-refractivity contribution in [2.45, 2.75) is 13.5 Å². The van der Waals surface area contributed by atoms with Crippen LogP contribution in [0.25, 0.3) is 0 Å². The van der Waals surface area contributed by atoms with Crippen molar-refractivity contribution in [1.82, 2.24) is 4.98 Å². The highest BCUT2D eigenvalue weighted by molar-refractivity contribution is 5.45. The minimum Gasteiger partial charge on any atom is -0.484 e. The number of benzene rings is 1. The van der Waals surface area contributed by atoms with Gasteiger partial charge in [-0.05, 0) is 24.6 Å². The minimum atomic E-state index is 0.189. The van der Waals surface area contributed by atoms with E-state index in [1.54, 1.807) is 0 Å². The minimum absolute atomic E-state index is 0.189. The average Bonchev–Trinajstić information content (AvgIpc) is 3.03. The lowest BCUT2D eigenvalue weighted by Crippen LogP contribution is -3.14. The van der Waals surface area contributed by atoms with Crippen molar-refractivity contribution in [3.8, 4) is 11.8 Å². The molecule has 1 aromatic carbocycles. The number of hydrogen-bond donors (Lipinski definition) is 2. The highest BCUT2D eigenvalue weighted by Gasteiger charge is 2.16. The van der Waals surface area contributed by atoms with Gasteiger partial charge in [0, 0.05) is 0 Å². The Morgan fingerprint density at radius 3 is 2.96 bits per heavy atom. The molecule has 2 aromatic rings. The number of nitriles is 1. The first kappa shape index (κ1) is 17.3. The van der Waals surface area contributed by atoms with Crippen LogP contribution in [0, 0.1) is 18.3 Å². The van der Waals surface area contributed by atoms with E-state index in [-0.39, 0.29) is 12.3 Å². The Morgan fingerprint density at radius 2 is 2.20 bits per heavy atom. The fraction of sp³-hybridized carbons (Fsp3) is 0.444. The summed E-state index contributed by atoms with van der Waals surface area (Å²) in [6.07, 6.45) is 0. The lowest BCUT2D eigenvalue weighted by molar-refractivity contribution is -0.906. The monoisotopic (exact) mass is 343 g/mol. The van der Waals surface area contributed by atoms with Gasteiger partial charge in [-0.15, -0.1) is 0 Å². The second-order valence-corrected chi connectivity index (χ2v) is 6.04. The van der Waals surface area contributed by atoms with Crippen LogP contribution in [-0.2, 0) is 11.3 Å². The smallest absolute Gasteiger partial charge is 0.236 e. The zero-order chi connectivity index (χ0) is 17.5. The normalized spacial score (nSPS) is 14.9. The lowest BCUT2D eigenvalue weighted by atomic mass is 10.2. The molecule has 1 aliphatic heterocycles. The maximum Gasteiger partial charge on any atom is 0.236 e. The third-order valence-corrected chi connectivity index (χ3v) is 4.09. The van der Waals surface area contributed by atoms with Crippen LogP contribution in [0.4, 0.5) is 5.88 Å². The number of anilines is 1. The Labute approximate surface area is 147 Å². The SMILES string of the molecule is Cc1cccc(OCc2nc(C#N)c(NCC[NH+]3CCOCC3)o2)c1. The van der Waals surface area contributed by atoms with Gasteiger partial charge in [0.05, 0.1) is 26.3 Å². The summed E-state index contributed by atoms with van der Waals surface area (Å²) in [5.41, 5.74) is 1.38. The van der Waals surface area contributed by atoms with Gasteiger partial charge in [-0.25, -0.2) is 0 Å². The van der Waals surface area contributed by atoms with Gasteiger partial charge in [-0.1, -0.05) is 12.1 Å². The summed E-state index contributed by atoms with van der Waals surface area (Å²) in [4.78, 5) is 5.68. The van der Waals surface area contributed by atoms with Crippen molar-refractivity contribution in [3.63, 3.8) is 0 Å². The second kappa shape index (κ2) is 8.51. The van der Waals surface area contributed by atoms with E-state index < -0.39 is 0 Å². The van der Waals surface area contributed by atoms with Crippen molar-refractivity contribution < 1.29 is 18.8 Å². The van der Waals surface area contributed by atoms with Gasteiger partial charge in [0.15, 0.2) is 6.61 Å². The molecule has 0 radical (unpaired) electrons. The van der Waals surface area contributed by atoms with Crippen LogP contribution in [0.3, 0.4) is 0 Å². The molecule has 0 atom stereocenters. The summed E-state index contributed by atoms with van der Waals surface area (Å²) in [5, 5.41) is 12.4. The maximum atomic E-state index is 9.23. The molecule has 0 spiro atoms. The number of hydrogen-bond acceptors (Lipinski definition) is 6. The van der Waals surface area contributed by atoms with E-state index in [1.807, 2.05) is 31.2 Å². The number of aryl methyl sites for hydroxylation is 1. The van der Waals surface area contributed by atoms with Crippen LogP contribution in [-0.4, -0.2) is 44.4 Å². The summed E-state index contributed by atoms with van der Waals surface area (Å²) in [6.45, 7) is 7.50. The Morgan fingerprint density at radius 1 is 1.36 bits per heavy atom. The van der Waals surface area contributed by atoms with Crippen molar-refractivity contribution >= 4 is 5.88 Å². The van der Waals surface area contributed by atoms with E-state index in [4.69, 9.17) is 13.9 Å². The number of aromatic nitrogens is 1. The van der Waals surface area contributed by atoms with E-state index in [0.29, 0.717) is 11.8 Å². The summed E-state index contributed by atoms with van der Waals surface area (Å²) >= 11 is 0. The highest BCUT2D eigenvalue weighted by atomic mass is 16.5. The van der Waals surface area contributed by atoms with E-state index in [1.165, 1.54) is 4.90 Å². The number of ether oxygens (including phenoxy) is 2. The summed E-state index contributed by atoms with van der Waals surface area (Å²) in [5.74, 6) is 1.56. The molecule has 0 bridgehead atoms. The molecule has 25 heavy (non-hydrogen) atoms. The van der Waals surface area contributed by atoms with Crippen LogP contribution in [0.5, 0.6) is 5.75 Å². The average molecular weight is 343 g/mol. The molecule has 0 saturated carbocycles. The molecule has 2 heterocycles. The maximum absolute atomic E-state index is 9.23. The number of rotatable bonds is 7. The van der Waals surface area contributed by atoms with Gasteiger partial charge in [0.25, 0.3) is 0 Å². The van der Waals surface area contributed by atoms with Crippen LogP contribution < -0.4 is 15.0 Å². The molecule has 7 nitrogen and oxygen atoms in total. The third-order valence-electron chi connectivity index (χ3n) is 4.09. The molecule has 7 heteroatoms. The Bertz CT molecular complexity index is 732. The van der Waals surface area contributed by atoms with Gasteiger partial charge in [0.2, 0.25) is 17.5 Å². The molecule has 1 aromatic heterocycles. The van der Waals surface area contributed by atoms with E-state index >= 15 is 0 Å². The first-order chi connectivity index (χ1) is 12.2. The summed E-state index contributed by atoms with van der Waals surface area (Å²) < 4.78 is 16.7. The predicted octanol–water partition coefficient (Wildman–Crippen LogP) is 0.761. The molecule has 0 amide bonds. The van der Waals surface area contributed by atoms with E-state index in [9.17, 15) is 5.26 Å². The number of quaternary nitrogens is 1. The van der Waals surface area contributed by atoms with Gasteiger partial charge >= 0.3 is 0 Å². The second-order valence-electron chi connectivity index (χ2n) is 6.04. The Hall–Kier alpha value is -2.56. The zero-order valence-corrected chi connectivity index (χ0v) is 14.4. The lowest BCUT2D eigenvalue weighted by Gasteiger charge is -2.23. The van der Waals surface area contributed by atoms with Gasteiger partial charge in [0.1, 0.15) is 24.9 Å². The number of nitrogens with zero attached hydrogens (tertiary/aromatic N) is 2. The number of morpholine rings is 1. The van der Waals surface area contributed by atoms with Crippen molar-refractivity contribution in [3.05, 3.63) is 41.4 Å². The molecular weight excluding hydrogens is 320 g/mol. The number of nitrogens with one attached hydrogen (secondary N) is 2. The zero-order valence-electron chi connectivity index (χ0n) is 14.4. The van der Waals surface area contributed by atoms with Crippen LogP contribution in [0.1, 0.15) is 17.1 Å². The summed E-state index contributed by atoms with van der Waals surface area (Å²) in [6, 6.07) is 9.82. The Balaban J connectivity index is 1.53. The van der Waals surface area contributed by atoms with Gasteiger partial charge in [-0.3, -0.25) is 0 Å².